The number of benzene rings is 1. The number of carbonyl (C=O) groups is 1. The number of rotatable bonds is 7. The van der Waals surface area contributed by atoms with Crippen LogP contribution in [0.3, 0.4) is 0 Å². The van der Waals surface area contributed by atoms with Crippen LogP contribution < -0.4 is 10.6 Å². The predicted molar refractivity (Wildman–Crippen MR) is 125 cm³/mol. The average molecular weight is 495 g/mol. The van der Waals surface area contributed by atoms with Crippen LogP contribution in [0.15, 0.2) is 24.3 Å². The number of fused-ring (bicyclic) bond motifs is 1. The summed E-state index contributed by atoms with van der Waals surface area (Å²) in [6, 6.07) is 5.56. The van der Waals surface area contributed by atoms with Crippen LogP contribution in [0.4, 0.5) is 24.7 Å². The van der Waals surface area contributed by atoms with E-state index in [1.54, 1.807) is 26.1 Å². The summed E-state index contributed by atoms with van der Waals surface area (Å²) in [4.78, 5) is 13.9. The van der Waals surface area contributed by atoms with Gasteiger partial charge in [-0.1, -0.05) is 0 Å². The number of methoxy groups -OCH3 is 1. The Hall–Kier alpha value is -2.76. The number of aryl methyl sites for hydroxylation is 1. The second kappa shape index (κ2) is 9.47. The average Bonchev–Trinajstić information content (AvgIpc) is 3.29. The zero-order valence-corrected chi connectivity index (χ0v) is 19.8. The zero-order valence-electron chi connectivity index (χ0n) is 19.0. The van der Waals surface area contributed by atoms with Crippen molar-refractivity contribution in [2.75, 3.05) is 38.0 Å². The van der Waals surface area contributed by atoms with Gasteiger partial charge in [0.1, 0.15) is 5.60 Å². The van der Waals surface area contributed by atoms with E-state index in [1.807, 2.05) is 0 Å². The Bertz CT molecular complexity index is 1210. The summed E-state index contributed by atoms with van der Waals surface area (Å²) in [5.74, 6) is 0.291. The van der Waals surface area contributed by atoms with Gasteiger partial charge in [0.05, 0.1) is 20.8 Å². The number of alkyl halides is 3. The number of ketones is 1. The summed E-state index contributed by atoms with van der Waals surface area (Å²) in [5.41, 5.74) is -0.206. The van der Waals surface area contributed by atoms with Gasteiger partial charge in [-0.2, -0.15) is 18.3 Å². The van der Waals surface area contributed by atoms with Crippen molar-refractivity contribution in [1.82, 2.24) is 10.2 Å². The molecule has 1 aliphatic heterocycles. The molecule has 1 fully saturated rings. The molecule has 2 aromatic heterocycles. The molecule has 0 spiro atoms. The molecule has 0 radical (unpaired) electrons. The van der Waals surface area contributed by atoms with Gasteiger partial charge in [0.25, 0.3) is 0 Å². The molecule has 4 rings (SSSR count). The standard InChI is InChI=1S/C23H25F3N4O3S/c1-13-19-17(11-18(34-19)20(31)22(32-3)4-6-33-7-5-22)21(30-29-13)28-12-14-8-15(23(24,25)26)10-16(9-14)27-2/h8-11,27H,4-7,12H2,1-3H3,(H,28,30). The van der Waals surface area contributed by atoms with Crippen molar-refractivity contribution in [2.24, 2.45) is 0 Å². The lowest BCUT2D eigenvalue weighted by atomic mass is 9.88. The van der Waals surface area contributed by atoms with E-state index in [0.29, 0.717) is 59.1 Å². The Morgan fingerprint density at radius 2 is 1.94 bits per heavy atom. The van der Waals surface area contributed by atoms with E-state index in [-0.39, 0.29) is 12.3 Å². The normalized spacial score (nSPS) is 15.9. The molecular formula is C23H25F3N4O3S. The molecule has 1 aliphatic rings. The Morgan fingerprint density at radius 1 is 1.21 bits per heavy atom. The summed E-state index contributed by atoms with van der Waals surface area (Å²) in [7, 11) is 3.10. The summed E-state index contributed by atoms with van der Waals surface area (Å²) in [6.45, 7) is 2.80. The van der Waals surface area contributed by atoms with E-state index in [2.05, 4.69) is 20.8 Å². The van der Waals surface area contributed by atoms with Gasteiger partial charge in [-0.05, 0) is 36.8 Å². The lowest BCUT2D eigenvalue weighted by Crippen LogP contribution is -2.45. The van der Waals surface area contributed by atoms with Gasteiger partial charge < -0.3 is 20.1 Å². The fourth-order valence-corrected chi connectivity index (χ4v) is 5.17. The van der Waals surface area contributed by atoms with Crippen molar-refractivity contribution >= 4 is 38.7 Å². The molecule has 3 aromatic rings. The molecule has 0 atom stereocenters. The molecule has 0 bridgehead atoms. The van der Waals surface area contributed by atoms with Crippen molar-refractivity contribution in [3.05, 3.63) is 46.0 Å². The maximum Gasteiger partial charge on any atom is 0.416 e. The molecule has 3 heterocycles. The minimum Gasteiger partial charge on any atom is -0.388 e. The SMILES string of the molecule is CNc1cc(CNc2nnc(C)c3sc(C(=O)C4(OC)CCOCC4)cc23)cc(C(F)(F)F)c1. The Balaban J connectivity index is 1.64. The number of anilines is 2. The number of hydrogen-bond donors (Lipinski definition) is 2. The number of carbonyl (C=O) groups excluding carboxylic acids is 1. The van der Waals surface area contributed by atoms with E-state index < -0.39 is 17.3 Å². The lowest BCUT2D eigenvalue weighted by molar-refractivity contribution is -0.137. The maximum absolute atomic E-state index is 13.4. The molecule has 34 heavy (non-hydrogen) atoms. The minimum absolute atomic E-state index is 0.101. The Labute approximate surface area is 198 Å². The molecule has 0 saturated carbocycles. The minimum atomic E-state index is -4.46. The van der Waals surface area contributed by atoms with Crippen LogP contribution in [0.5, 0.6) is 0 Å². The van der Waals surface area contributed by atoms with Crippen molar-refractivity contribution in [1.29, 1.82) is 0 Å². The third-order valence-corrected chi connectivity index (χ3v) is 7.26. The van der Waals surface area contributed by atoms with Gasteiger partial charge in [0.15, 0.2) is 5.82 Å². The van der Waals surface area contributed by atoms with Crippen LogP contribution in [-0.4, -0.2) is 49.0 Å². The highest BCUT2D eigenvalue weighted by Gasteiger charge is 2.41. The zero-order chi connectivity index (χ0) is 24.5. The van der Waals surface area contributed by atoms with Crippen molar-refractivity contribution in [3.8, 4) is 0 Å². The highest BCUT2D eigenvalue weighted by atomic mass is 32.1. The van der Waals surface area contributed by atoms with Crippen molar-refractivity contribution in [2.45, 2.75) is 38.1 Å². The number of thiophene rings is 1. The first-order chi connectivity index (χ1) is 16.2. The van der Waals surface area contributed by atoms with Crippen LogP contribution in [0.25, 0.3) is 10.1 Å². The maximum atomic E-state index is 13.4. The lowest BCUT2D eigenvalue weighted by Gasteiger charge is -2.33. The van der Waals surface area contributed by atoms with Crippen molar-refractivity contribution < 1.29 is 27.4 Å². The van der Waals surface area contributed by atoms with Crippen LogP contribution in [-0.2, 0) is 22.2 Å². The monoisotopic (exact) mass is 494 g/mol. The summed E-state index contributed by atoms with van der Waals surface area (Å²) < 4.78 is 51.7. The highest BCUT2D eigenvalue weighted by Crippen LogP contribution is 2.37. The second-order valence-electron chi connectivity index (χ2n) is 8.15. The Morgan fingerprint density at radius 3 is 2.59 bits per heavy atom. The van der Waals surface area contributed by atoms with E-state index in [4.69, 9.17) is 9.47 Å². The van der Waals surface area contributed by atoms with Crippen LogP contribution in [0.1, 0.15) is 39.3 Å². The molecule has 0 aliphatic carbocycles. The fraction of sp³-hybridized carbons (Fsp3) is 0.435. The van der Waals surface area contributed by atoms with Crippen molar-refractivity contribution in [3.63, 3.8) is 0 Å². The smallest absolute Gasteiger partial charge is 0.388 e. The molecule has 2 N–H and O–H groups in total. The summed E-state index contributed by atoms with van der Waals surface area (Å²) >= 11 is 1.32. The van der Waals surface area contributed by atoms with Gasteiger partial charge >= 0.3 is 6.18 Å². The topological polar surface area (TPSA) is 85.4 Å². The largest absolute Gasteiger partial charge is 0.416 e. The number of hydrogen-bond acceptors (Lipinski definition) is 8. The van der Waals surface area contributed by atoms with E-state index >= 15 is 0 Å². The van der Waals surface area contributed by atoms with Crippen LogP contribution >= 0.6 is 11.3 Å². The first-order valence-corrected chi connectivity index (χ1v) is 11.6. The molecule has 1 saturated heterocycles. The highest BCUT2D eigenvalue weighted by molar-refractivity contribution is 7.21. The second-order valence-corrected chi connectivity index (χ2v) is 9.20. The third kappa shape index (κ3) is 4.73. The molecule has 182 valence electrons. The molecule has 7 nitrogen and oxygen atoms in total. The number of nitrogens with zero attached hydrogens (tertiary/aromatic N) is 2. The van der Waals surface area contributed by atoms with Gasteiger partial charge in [-0.3, -0.25) is 4.79 Å². The fourth-order valence-electron chi connectivity index (χ4n) is 4.04. The summed E-state index contributed by atoms with van der Waals surface area (Å²) in [5, 5.41) is 14.9. The number of nitrogens with one attached hydrogen (secondary N) is 2. The van der Waals surface area contributed by atoms with E-state index in [1.165, 1.54) is 18.4 Å². The van der Waals surface area contributed by atoms with E-state index in [0.717, 1.165) is 16.8 Å². The Kier molecular flexibility index (Phi) is 6.79. The number of halogens is 3. The number of Topliss-reactive ketones (excluding diaryl/α,β-unsaturated/α-hetero) is 1. The van der Waals surface area contributed by atoms with Gasteiger partial charge in [0, 0.05) is 57.8 Å². The predicted octanol–water partition coefficient (Wildman–Crippen LogP) is 5.05. The molecule has 11 heteroatoms. The quantitative estimate of drug-likeness (QED) is 0.445. The van der Waals surface area contributed by atoms with Crippen LogP contribution in [0, 0.1) is 6.92 Å². The first-order valence-electron chi connectivity index (χ1n) is 10.7. The molecule has 1 aromatic carbocycles. The summed E-state index contributed by atoms with van der Waals surface area (Å²) in [6.07, 6.45) is -3.51. The third-order valence-electron chi connectivity index (χ3n) is 6.01. The van der Waals surface area contributed by atoms with Gasteiger partial charge in [-0.15, -0.1) is 16.4 Å². The molecular weight excluding hydrogens is 469 g/mol. The molecule has 0 unspecified atom stereocenters. The molecule has 0 amide bonds. The first kappa shape index (κ1) is 24.4. The number of ether oxygens (including phenoxy) is 2. The van der Waals surface area contributed by atoms with Crippen LogP contribution in [0.2, 0.25) is 0 Å². The van der Waals surface area contributed by atoms with E-state index in [9.17, 15) is 18.0 Å². The van der Waals surface area contributed by atoms with Gasteiger partial charge in [-0.25, -0.2) is 0 Å². The number of aromatic nitrogens is 2. The van der Waals surface area contributed by atoms with Gasteiger partial charge in [0.2, 0.25) is 5.78 Å².